The van der Waals surface area contributed by atoms with E-state index < -0.39 is 0 Å². The number of phenols is 2. The predicted molar refractivity (Wildman–Crippen MR) is 103 cm³/mol. The summed E-state index contributed by atoms with van der Waals surface area (Å²) in [5, 5.41) is 20.5. The van der Waals surface area contributed by atoms with Gasteiger partial charge in [-0.2, -0.15) is 0 Å². The van der Waals surface area contributed by atoms with Crippen molar-refractivity contribution in [2.24, 2.45) is 9.98 Å². The van der Waals surface area contributed by atoms with Crippen LogP contribution in [0.25, 0.3) is 0 Å². The molecule has 7 nitrogen and oxygen atoms in total. The topological polar surface area (TPSA) is 92.9 Å². The zero-order valence-corrected chi connectivity index (χ0v) is 14.9. The van der Waals surface area contributed by atoms with E-state index in [2.05, 4.69) is 9.98 Å². The van der Waals surface area contributed by atoms with Crippen LogP contribution in [-0.4, -0.2) is 62.2 Å². The molecule has 0 radical (unpaired) electrons. The van der Waals surface area contributed by atoms with E-state index >= 15 is 0 Å². The first kappa shape index (κ1) is 18.7. The van der Waals surface area contributed by atoms with Gasteiger partial charge in [0.2, 0.25) is 0 Å². The van der Waals surface area contributed by atoms with Gasteiger partial charge in [-0.25, -0.2) is 0 Å². The molecule has 1 heterocycles. The summed E-state index contributed by atoms with van der Waals surface area (Å²) in [6, 6.07) is 10.5. The summed E-state index contributed by atoms with van der Waals surface area (Å²) in [6.07, 6.45) is 3.18. The zero-order chi connectivity index (χ0) is 18.9. The summed E-state index contributed by atoms with van der Waals surface area (Å²) < 4.78 is 16.6. The molecular formula is C20H22N2O5. The molecule has 2 N–H and O–H groups in total. The number of hydrogen-bond donors (Lipinski definition) is 2. The fraction of sp³-hybridized carbons (Fsp3) is 0.300. The van der Waals surface area contributed by atoms with Crippen LogP contribution in [0.2, 0.25) is 0 Å². The van der Waals surface area contributed by atoms with Crippen molar-refractivity contribution in [3.63, 3.8) is 0 Å². The summed E-state index contributed by atoms with van der Waals surface area (Å²) >= 11 is 0. The summed E-state index contributed by atoms with van der Waals surface area (Å²) in [7, 11) is 0. The third-order valence-corrected chi connectivity index (χ3v) is 3.85. The Kier molecular flexibility index (Phi) is 6.65. The van der Waals surface area contributed by atoms with Gasteiger partial charge in [0.15, 0.2) is 23.0 Å². The first-order valence-corrected chi connectivity index (χ1v) is 8.72. The normalized spacial score (nSPS) is 15.7. The van der Waals surface area contributed by atoms with E-state index in [-0.39, 0.29) is 11.5 Å². The lowest BCUT2D eigenvalue weighted by molar-refractivity contribution is 0.0751. The highest BCUT2D eigenvalue weighted by Gasteiger charge is 2.08. The number of aromatic hydroxyl groups is 2. The van der Waals surface area contributed by atoms with Crippen molar-refractivity contribution < 1.29 is 24.4 Å². The first-order valence-electron chi connectivity index (χ1n) is 8.72. The predicted octanol–water partition coefficient (Wildman–Crippen LogP) is 2.42. The molecule has 0 spiro atoms. The average molecular weight is 370 g/mol. The minimum Gasteiger partial charge on any atom is -0.504 e. The monoisotopic (exact) mass is 370 g/mol. The van der Waals surface area contributed by atoms with Crippen molar-refractivity contribution in [2.45, 2.75) is 0 Å². The number of ether oxygens (including phenoxy) is 3. The molecule has 4 bridgehead atoms. The molecule has 0 aliphatic carbocycles. The molecule has 2 aromatic rings. The van der Waals surface area contributed by atoms with Crippen molar-refractivity contribution in [2.75, 3.05) is 39.5 Å². The lowest BCUT2D eigenvalue weighted by atomic mass is 10.2. The lowest BCUT2D eigenvalue weighted by Crippen LogP contribution is -2.12. The zero-order valence-electron chi connectivity index (χ0n) is 14.9. The van der Waals surface area contributed by atoms with Crippen LogP contribution in [-0.2, 0) is 4.74 Å². The van der Waals surface area contributed by atoms with Gasteiger partial charge in [-0.3, -0.25) is 9.98 Å². The number of benzene rings is 2. The molecule has 1 aliphatic heterocycles. The third-order valence-electron chi connectivity index (χ3n) is 3.85. The molecule has 0 amide bonds. The minimum atomic E-state index is 0.0481. The van der Waals surface area contributed by atoms with Crippen molar-refractivity contribution >= 4 is 12.4 Å². The highest BCUT2D eigenvalue weighted by Crippen LogP contribution is 2.29. The first-order chi connectivity index (χ1) is 13.3. The van der Waals surface area contributed by atoms with Crippen LogP contribution in [0.5, 0.6) is 23.0 Å². The molecule has 1 aliphatic rings. The van der Waals surface area contributed by atoms with Gasteiger partial charge in [0.25, 0.3) is 0 Å². The van der Waals surface area contributed by atoms with Crippen LogP contribution in [0.1, 0.15) is 11.1 Å². The van der Waals surface area contributed by atoms with E-state index in [0.29, 0.717) is 62.1 Å². The number of nitrogens with zero attached hydrogens (tertiary/aromatic N) is 2. The SMILES string of the molecule is Oc1c2cccc1OCCOCCOc1cccc(c1O)C=NCCN=C2. The van der Waals surface area contributed by atoms with Crippen molar-refractivity contribution in [1.29, 1.82) is 0 Å². The Bertz CT molecular complexity index is 753. The number of hydrogen-bond acceptors (Lipinski definition) is 7. The summed E-state index contributed by atoms with van der Waals surface area (Å²) in [4.78, 5) is 8.54. The maximum atomic E-state index is 10.3. The Balaban J connectivity index is 1.74. The van der Waals surface area contributed by atoms with Crippen molar-refractivity contribution in [3.05, 3.63) is 47.5 Å². The number of phenolic OH excluding ortho intramolecular Hbond substituents is 2. The highest BCUT2D eigenvalue weighted by molar-refractivity contribution is 5.85. The fourth-order valence-corrected chi connectivity index (χ4v) is 2.48. The van der Waals surface area contributed by atoms with Crippen molar-refractivity contribution in [3.8, 4) is 23.0 Å². The molecule has 27 heavy (non-hydrogen) atoms. The van der Waals surface area contributed by atoms with Crippen LogP contribution < -0.4 is 9.47 Å². The molecule has 142 valence electrons. The lowest BCUT2D eigenvalue weighted by Gasteiger charge is -2.11. The van der Waals surface area contributed by atoms with E-state index in [1.807, 2.05) is 0 Å². The maximum absolute atomic E-state index is 10.3. The van der Waals surface area contributed by atoms with E-state index in [0.717, 1.165) is 0 Å². The summed E-state index contributed by atoms with van der Waals surface area (Å²) in [6.45, 7) is 2.18. The van der Waals surface area contributed by atoms with Gasteiger partial charge in [0, 0.05) is 23.6 Å². The Morgan fingerprint density at radius 2 is 1.15 bits per heavy atom. The number of fused-ring (bicyclic) bond motifs is 4. The Morgan fingerprint density at radius 3 is 1.63 bits per heavy atom. The highest BCUT2D eigenvalue weighted by atomic mass is 16.5. The van der Waals surface area contributed by atoms with Gasteiger partial charge in [0.05, 0.1) is 26.3 Å². The number of aliphatic imine (C=N–C) groups is 2. The van der Waals surface area contributed by atoms with Crippen LogP contribution in [0.15, 0.2) is 46.4 Å². The van der Waals surface area contributed by atoms with Gasteiger partial charge < -0.3 is 24.4 Å². The van der Waals surface area contributed by atoms with Gasteiger partial charge in [-0.05, 0) is 24.3 Å². The quantitative estimate of drug-likeness (QED) is 0.743. The van der Waals surface area contributed by atoms with Crippen LogP contribution in [0.4, 0.5) is 0 Å². The van der Waals surface area contributed by atoms with E-state index in [1.54, 1.807) is 48.8 Å². The molecule has 2 aromatic carbocycles. The Morgan fingerprint density at radius 1 is 0.667 bits per heavy atom. The minimum absolute atomic E-state index is 0.0481. The second-order valence-electron chi connectivity index (χ2n) is 5.77. The molecule has 0 atom stereocenters. The summed E-state index contributed by atoms with van der Waals surface area (Å²) in [5.74, 6) is 0.866. The molecule has 0 saturated carbocycles. The largest absolute Gasteiger partial charge is 0.504 e. The molecule has 7 heteroatoms. The standard InChI is InChI=1S/C20H22N2O5/c23-19-15-3-1-5-17(19)26-11-9-25-10-12-27-18-6-2-4-16(20(18)24)14-22-8-7-21-13-15/h1-6,13-14,23-24H,7-12H2. The molecule has 0 unspecified atom stereocenters. The van der Waals surface area contributed by atoms with Crippen LogP contribution in [0, 0.1) is 0 Å². The van der Waals surface area contributed by atoms with Gasteiger partial charge in [0.1, 0.15) is 13.2 Å². The average Bonchev–Trinajstić information content (AvgIpc) is 2.67. The van der Waals surface area contributed by atoms with Gasteiger partial charge in [-0.15, -0.1) is 0 Å². The molecule has 0 saturated heterocycles. The maximum Gasteiger partial charge on any atom is 0.166 e. The van der Waals surface area contributed by atoms with Gasteiger partial charge >= 0.3 is 0 Å². The third kappa shape index (κ3) is 5.21. The fourth-order valence-electron chi connectivity index (χ4n) is 2.48. The van der Waals surface area contributed by atoms with Crippen LogP contribution >= 0.6 is 0 Å². The molecular weight excluding hydrogens is 348 g/mol. The second-order valence-corrected chi connectivity index (χ2v) is 5.77. The van der Waals surface area contributed by atoms with Gasteiger partial charge in [-0.1, -0.05) is 12.1 Å². The second kappa shape index (κ2) is 9.59. The number of para-hydroxylation sites is 2. The molecule has 0 aromatic heterocycles. The van der Waals surface area contributed by atoms with Crippen molar-refractivity contribution in [1.82, 2.24) is 0 Å². The number of rotatable bonds is 0. The van der Waals surface area contributed by atoms with E-state index in [9.17, 15) is 10.2 Å². The summed E-state index contributed by atoms with van der Waals surface area (Å²) in [5.41, 5.74) is 1.16. The van der Waals surface area contributed by atoms with E-state index in [1.165, 1.54) is 0 Å². The van der Waals surface area contributed by atoms with E-state index in [4.69, 9.17) is 14.2 Å². The Labute approximate surface area is 157 Å². The van der Waals surface area contributed by atoms with Crippen LogP contribution in [0.3, 0.4) is 0 Å². The Hall–Kier alpha value is -3.06. The smallest absolute Gasteiger partial charge is 0.166 e. The molecule has 0 fully saturated rings. The molecule has 3 rings (SSSR count).